The van der Waals surface area contributed by atoms with E-state index < -0.39 is 18.4 Å². The van der Waals surface area contributed by atoms with E-state index in [0.717, 1.165) is 10.7 Å². The molecule has 0 unspecified atom stereocenters. The van der Waals surface area contributed by atoms with Gasteiger partial charge in [-0.25, -0.2) is 0 Å². The number of aryl methyl sites for hydroxylation is 1. The molecule has 0 radical (unpaired) electrons. The molecular weight excluding hydrogens is 326 g/mol. The van der Waals surface area contributed by atoms with Crippen LogP contribution in [0.5, 0.6) is 11.5 Å². The number of nitrogens with two attached hydrogens (primary N) is 2. The predicted octanol–water partition coefficient (Wildman–Crippen LogP) is 1.17. The average molecular weight is 340 g/mol. The third kappa shape index (κ3) is 3.12. The first-order valence-electron chi connectivity index (χ1n) is 6.58. The summed E-state index contributed by atoms with van der Waals surface area (Å²) in [5.41, 5.74) is 10.9. The second-order valence-electron chi connectivity index (χ2n) is 4.67. The van der Waals surface area contributed by atoms with Crippen LogP contribution in [-0.2, 0) is 0 Å². The lowest BCUT2D eigenvalue weighted by Crippen LogP contribution is -2.19. The Hall–Kier alpha value is -3.17. The quantitative estimate of drug-likeness (QED) is 0.842. The first kappa shape index (κ1) is 17.2. The fraction of sp³-hybridized carbons (Fsp3) is 0.214. The number of amides is 1. The number of benzene rings is 1. The predicted molar refractivity (Wildman–Crippen MR) is 79.2 cm³/mol. The summed E-state index contributed by atoms with van der Waals surface area (Å²) in [5.74, 6) is -2.12. The molecule has 10 heteroatoms. The van der Waals surface area contributed by atoms with Crippen molar-refractivity contribution in [1.82, 2.24) is 9.78 Å². The van der Waals surface area contributed by atoms with E-state index in [1.54, 1.807) is 0 Å². The van der Waals surface area contributed by atoms with Gasteiger partial charge < -0.3 is 20.9 Å². The molecule has 0 aliphatic heterocycles. The number of ether oxygens (including phenoxy) is 2. The van der Waals surface area contributed by atoms with Crippen LogP contribution >= 0.6 is 0 Å². The van der Waals surface area contributed by atoms with Crippen molar-refractivity contribution in [2.45, 2.75) is 13.5 Å². The molecule has 128 valence electrons. The molecule has 1 aromatic carbocycles. The number of rotatable bonds is 5. The minimum Gasteiger partial charge on any atom is -0.493 e. The van der Waals surface area contributed by atoms with Crippen LogP contribution in [0, 0.1) is 6.92 Å². The number of alkyl halides is 2. The van der Waals surface area contributed by atoms with Gasteiger partial charge in [-0.05, 0) is 25.1 Å². The first-order valence-corrected chi connectivity index (χ1v) is 6.58. The summed E-state index contributed by atoms with van der Waals surface area (Å²) in [6.45, 7) is -1.64. The zero-order chi connectivity index (χ0) is 18.0. The number of carbonyl (C=O) groups excluding carboxylic acids is 2. The van der Waals surface area contributed by atoms with Gasteiger partial charge in [-0.3, -0.25) is 9.59 Å². The highest BCUT2D eigenvalue weighted by atomic mass is 19.3. The van der Waals surface area contributed by atoms with Crippen LogP contribution in [0.25, 0.3) is 0 Å². The summed E-state index contributed by atoms with van der Waals surface area (Å²) in [6, 6.07) is 3.67. The number of hydrogen-bond acceptors (Lipinski definition) is 6. The summed E-state index contributed by atoms with van der Waals surface area (Å²) in [6.07, 6.45) is 0. The fourth-order valence-corrected chi connectivity index (χ4v) is 2.12. The molecule has 0 aliphatic carbocycles. The minimum absolute atomic E-state index is 0.0225. The van der Waals surface area contributed by atoms with Gasteiger partial charge in [-0.15, -0.1) is 0 Å². The molecule has 0 saturated carbocycles. The highest BCUT2D eigenvalue weighted by molar-refractivity contribution is 6.03. The van der Waals surface area contributed by atoms with Crippen LogP contribution in [0.15, 0.2) is 18.2 Å². The van der Waals surface area contributed by atoms with Crippen LogP contribution in [0.4, 0.5) is 14.6 Å². The highest BCUT2D eigenvalue weighted by Gasteiger charge is 2.23. The summed E-state index contributed by atoms with van der Waals surface area (Å²) in [7, 11) is 1.27. The summed E-state index contributed by atoms with van der Waals surface area (Å²) in [4.78, 5) is 23.8. The Balaban J connectivity index is 2.47. The second kappa shape index (κ2) is 6.52. The van der Waals surface area contributed by atoms with E-state index in [9.17, 15) is 18.4 Å². The topological polar surface area (TPSA) is 122 Å². The normalized spacial score (nSPS) is 10.7. The minimum atomic E-state index is -3.09. The van der Waals surface area contributed by atoms with Crippen molar-refractivity contribution in [1.29, 1.82) is 0 Å². The largest absolute Gasteiger partial charge is 0.493 e. The number of halogens is 2. The smallest absolute Gasteiger partial charge is 0.387 e. The van der Waals surface area contributed by atoms with Crippen LogP contribution < -0.4 is 20.9 Å². The first-order chi connectivity index (χ1) is 11.3. The third-order valence-electron chi connectivity index (χ3n) is 3.16. The maximum atomic E-state index is 12.5. The standard InChI is InChI=1S/C14H14F2N4O4/c1-6-10(12(18)21)11(17)20(19-6)13(22)7-3-4-8(23-2)9(5-7)24-14(15)16/h3-5,14H,17H2,1-2H3,(H2,18,21). The lowest BCUT2D eigenvalue weighted by atomic mass is 10.2. The van der Waals surface area contributed by atoms with Crippen LogP contribution in [-0.4, -0.2) is 35.3 Å². The van der Waals surface area contributed by atoms with Gasteiger partial charge in [0.15, 0.2) is 11.5 Å². The van der Waals surface area contributed by atoms with E-state index >= 15 is 0 Å². The molecule has 0 fully saturated rings. The van der Waals surface area contributed by atoms with Crippen molar-refractivity contribution >= 4 is 17.6 Å². The monoisotopic (exact) mass is 340 g/mol. The maximum Gasteiger partial charge on any atom is 0.387 e. The van der Waals surface area contributed by atoms with Gasteiger partial charge in [0, 0.05) is 5.56 Å². The van der Waals surface area contributed by atoms with E-state index in [1.807, 2.05) is 0 Å². The van der Waals surface area contributed by atoms with Gasteiger partial charge >= 0.3 is 6.61 Å². The molecule has 0 spiro atoms. The number of nitrogens with zero attached hydrogens (tertiary/aromatic N) is 2. The molecule has 1 heterocycles. The zero-order valence-electron chi connectivity index (χ0n) is 12.7. The van der Waals surface area contributed by atoms with Gasteiger partial charge in [0.1, 0.15) is 11.4 Å². The van der Waals surface area contributed by atoms with Crippen molar-refractivity contribution in [3.63, 3.8) is 0 Å². The molecule has 0 aliphatic rings. The SMILES string of the molecule is COc1ccc(C(=O)n2nc(C)c(C(N)=O)c2N)cc1OC(F)F. The second-order valence-corrected chi connectivity index (χ2v) is 4.67. The lowest BCUT2D eigenvalue weighted by molar-refractivity contribution is -0.0512. The Bertz CT molecular complexity index is 804. The van der Waals surface area contributed by atoms with Crippen LogP contribution in [0.3, 0.4) is 0 Å². The van der Waals surface area contributed by atoms with Crippen molar-refractivity contribution in [2.24, 2.45) is 5.73 Å². The zero-order valence-corrected chi connectivity index (χ0v) is 12.7. The van der Waals surface area contributed by atoms with Crippen molar-refractivity contribution in [3.8, 4) is 11.5 Å². The Kier molecular flexibility index (Phi) is 4.67. The van der Waals surface area contributed by atoms with Gasteiger partial charge in [0.05, 0.1) is 12.8 Å². The van der Waals surface area contributed by atoms with Crippen molar-refractivity contribution in [3.05, 3.63) is 35.0 Å². The van der Waals surface area contributed by atoms with E-state index in [1.165, 1.54) is 26.2 Å². The molecular formula is C14H14F2N4O4. The molecule has 4 N–H and O–H groups in total. The molecule has 2 aromatic rings. The van der Waals surface area contributed by atoms with Gasteiger partial charge in [0.2, 0.25) is 0 Å². The average Bonchev–Trinajstić information content (AvgIpc) is 2.80. The Labute approximate surface area is 134 Å². The number of primary amides is 1. The highest BCUT2D eigenvalue weighted by Crippen LogP contribution is 2.30. The number of nitrogen functional groups attached to an aromatic ring is 1. The Morgan fingerprint density at radius 1 is 1.29 bits per heavy atom. The molecule has 24 heavy (non-hydrogen) atoms. The molecule has 0 saturated heterocycles. The maximum absolute atomic E-state index is 12.5. The molecule has 8 nitrogen and oxygen atoms in total. The van der Waals surface area contributed by atoms with Gasteiger partial charge in [-0.2, -0.15) is 18.6 Å². The third-order valence-corrected chi connectivity index (χ3v) is 3.16. The molecule has 2 rings (SSSR count). The number of methoxy groups -OCH3 is 1. The van der Waals surface area contributed by atoms with Crippen molar-refractivity contribution < 1.29 is 27.8 Å². The van der Waals surface area contributed by atoms with E-state index in [0.29, 0.717) is 0 Å². The van der Waals surface area contributed by atoms with E-state index in [-0.39, 0.29) is 34.1 Å². The van der Waals surface area contributed by atoms with E-state index in [4.69, 9.17) is 16.2 Å². The Morgan fingerprint density at radius 2 is 1.96 bits per heavy atom. The number of carbonyl (C=O) groups is 2. The Morgan fingerprint density at radius 3 is 2.46 bits per heavy atom. The fourth-order valence-electron chi connectivity index (χ4n) is 2.12. The van der Waals surface area contributed by atoms with Crippen LogP contribution in [0.1, 0.15) is 26.4 Å². The van der Waals surface area contributed by atoms with Crippen molar-refractivity contribution in [2.75, 3.05) is 12.8 Å². The molecule has 1 aromatic heterocycles. The van der Waals surface area contributed by atoms with Gasteiger partial charge in [-0.1, -0.05) is 0 Å². The van der Waals surface area contributed by atoms with E-state index in [2.05, 4.69) is 9.84 Å². The summed E-state index contributed by atoms with van der Waals surface area (Å²) < 4.78 is 34.9. The number of anilines is 1. The summed E-state index contributed by atoms with van der Waals surface area (Å²) in [5, 5.41) is 3.86. The van der Waals surface area contributed by atoms with Gasteiger partial charge in [0.25, 0.3) is 11.8 Å². The molecule has 0 bridgehead atoms. The summed E-state index contributed by atoms with van der Waals surface area (Å²) >= 11 is 0. The van der Waals surface area contributed by atoms with Crippen LogP contribution in [0.2, 0.25) is 0 Å². The molecule has 1 amide bonds. The lowest BCUT2D eigenvalue weighted by Gasteiger charge is -2.11. The number of hydrogen-bond donors (Lipinski definition) is 2. The number of aromatic nitrogens is 2. The molecule has 0 atom stereocenters.